The predicted octanol–water partition coefficient (Wildman–Crippen LogP) is 4.48. The number of nitrogens with zero attached hydrogens (tertiary/aromatic N) is 1. The van der Waals surface area contributed by atoms with Crippen LogP contribution in [0.15, 0.2) is 36.4 Å². The van der Waals surface area contributed by atoms with Crippen LogP contribution in [0.2, 0.25) is 5.02 Å². The van der Waals surface area contributed by atoms with E-state index in [1.807, 2.05) is 41.3 Å². The number of hydrogen-bond acceptors (Lipinski definition) is 4. The minimum atomic E-state index is -0.319. The molecule has 0 saturated heterocycles. The monoisotopic (exact) mass is 372 g/mol. The molecule has 0 saturated carbocycles. The van der Waals surface area contributed by atoms with Crippen molar-refractivity contribution in [3.8, 4) is 11.5 Å². The highest BCUT2D eigenvalue weighted by Crippen LogP contribution is 2.42. The number of rotatable bonds is 3. The molecule has 2 atom stereocenters. The largest absolute Gasteiger partial charge is 0.486 e. The van der Waals surface area contributed by atoms with Crippen molar-refractivity contribution in [1.29, 1.82) is 0 Å². The van der Waals surface area contributed by atoms with Crippen LogP contribution in [0.5, 0.6) is 11.5 Å². The topological polar surface area (TPSA) is 50.8 Å². The number of carbonyl (C=O) groups excluding carboxylic acids is 1. The van der Waals surface area contributed by atoms with Gasteiger partial charge < -0.3 is 19.7 Å². The zero-order valence-corrected chi connectivity index (χ0v) is 15.5. The Balaban J connectivity index is 1.81. The fourth-order valence-electron chi connectivity index (χ4n) is 3.45. The summed E-state index contributed by atoms with van der Waals surface area (Å²) in [6.45, 7) is 5.10. The number of para-hydroxylation sites is 1. The quantitative estimate of drug-likeness (QED) is 0.863. The summed E-state index contributed by atoms with van der Waals surface area (Å²) in [6, 6.07) is 11.4. The summed E-state index contributed by atoms with van der Waals surface area (Å²) >= 11 is 6.43. The molecule has 2 aliphatic rings. The zero-order chi connectivity index (χ0) is 18.3. The summed E-state index contributed by atoms with van der Waals surface area (Å²) in [7, 11) is 0. The summed E-state index contributed by atoms with van der Waals surface area (Å²) in [4.78, 5) is 15.1. The van der Waals surface area contributed by atoms with E-state index in [9.17, 15) is 4.79 Å². The second-order valence-electron chi connectivity index (χ2n) is 6.59. The molecule has 26 heavy (non-hydrogen) atoms. The SMILES string of the molecule is CC[C@@H](C)N1C(=O)c2ccccc2N[C@H]1c1cc(Cl)c2c(c1)OCCO2. The van der Waals surface area contributed by atoms with Crippen LogP contribution in [-0.4, -0.2) is 30.1 Å². The van der Waals surface area contributed by atoms with E-state index in [0.717, 1.165) is 17.7 Å². The Morgan fingerprint density at radius 1 is 1.27 bits per heavy atom. The van der Waals surface area contributed by atoms with Crippen molar-refractivity contribution in [2.24, 2.45) is 0 Å². The van der Waals surface area contributed by atoms with E-state index in [0.29, 0.717) is 35.3 Å². The lowest BCUT2D eigenvalue weighted by Gasteiger charge is -2.41. The standard InChI is InChI=1S/C20H21ClN2O3/c1-3-12(2)23-19(22-16-7-5-4-6-14(16)20(23)24)13-10-15(21)18-17(11-13)25-8-9-26-18/h4-7,10-12,19,22H,3,8-9H2,1-2H3/t12-,19-/m1/s1. The van der Waals surface area contributed by atoms with Crippen molar-refractivity contribution < 1.29 is 14.3 Å². The number of hydrogen-bond donors (Lipinski definition) is 1. The second kappa shape index (κ2) is 6.72. The summed E-state index contributed by atoms with van der Waals surface area (Å²) in [6.07, 6.45) is 0.533. The number of fused-ring (bicyclic) bond motifs is 2. The summed E-state index contributed by atoms with van der Waals surface area (Å²) in [5.74, 6) is 1.21. The molecule has 6 heteroatoms. The van der Waals surface area contributed by atoms with Crippen molar-refractivity contribution in [3.05, 3.63) is 52.5 Å². The van der Waals surface area contributed by atoms with Gasteiger partial charge in [0.25, 0.3) is 5.91 Å². The van der Waals surface area contributed by atoms with Crippen molar-refractivity contribution in [1.82, 2.24) is 4.90 Å². The van der Waals surface area contributed by atoms with Gasteiger partial charge in [0.05, 0.1) is 10.6 Å². The van der Waals surface area contributed by atoms with Gasteiger partial charge in [0.1, 0.15) is 19.4 Å². The molecule has 0 spiro atoms. The molecule has 1 amide bonds. The molecule has 5 nitrogen and oxygen atoms in total. The van der Waals surface area contributed by atoms with Gasteiger partial charge in [-0.15, -0.1) is 0 Å². The Hall–Kier alpha value is -2.40. The number of carbonyl (C=O) groups is 1. The molecule has 2 aliphatic heterocycles. The number of amides is 1. The minimum absolute atomic E-state index is 0.0183. The van der Waals surface area contributed by atoms with Gasteiger partial charge in [-0.2, -0.15) is 0 Å². The van der Waals surface area contributed by atoms with E-state index >= 15 is 0 Å². The number of benzene rings is 2. The normalized spacial score (nSPS) is 19.6. The maximum Gasteiger partial charge on any atom is 0.258 e. The third-order valence-electron chi connectivity index (χ3n) is 4.96. The van der Waals surface area contributed by atoms with E-state index in [1.54, 1.807) is 0 Å². The molecule has 136 valence electrons. The van der Waals surface area contributed by atoms with E-state index in [2.05, 4.69) is 19.2 Å². The number of ether oxygens (including phenoxy) is 2. The number of anilines is 1. The molecule has 0 radical (unpaired) electrons. The van der Waals surface area contributed by atoms with Gasteiger partial charge in [-0.05, 0) is 37.6 Å². The van der Waals surface area contributed by atoms with Gasteiger partial charge in [0.2, 0.25) is 0 Å². The molecule has 0 bridgehead atoms. The van der Waals surface area contributed by atoms with Crippen molar-refractivity contribution in [2.75, 3.05) is 18.5 Å². The van der Waals surface area contributed by atoms with Crippen LogP contribution in [0.1, 0.15) is 42.4 Å². The van der Waals surface area contributed by atoms with Gasteiger partial charge in [0, 0.05) is 17.3 Å². The molecule has 0 aromatic heterocycles. The van der Waals surface area contributed by atoms with E-state index in [-0.39, 0.29) is 18.1 Å². The molecule has 0 aliphatic carbocycles. The highest BCUT2D eigenvalue weighted by atomic mass is 35.5. The van der Waals surface area contributed by atoms with E-state index in [4.69, 9.17) is 21.1 Å². The third-order valence-corrected chi connectivity index (χ3v) is 5.24. The highest BCUT2D eigenvalue weighted by molar-refractivity contribution is 6.32. The first-order valence-electron chi connectivity index (χ1n) is 8.87. The fourth-order valence-corrected chi connectivity index (χ4v) is 3.73. The van der Waals surface area contributed by atoms with Crippen LogP contribution in [0.25, 0.3) is 0 Å². The van der Waals surface area contributed by atoms with Crippen LogP contribution >= 0.6 is 11.6 Å². The molecule has 2 heterocycles. The van der Waals surface area contributed by atoms with Crippen molar-refractivity contribution in [2.45, 2.75) is 32.5 Å². The Morgan fingerprint density at radius 2 is 2.04 bits per heavy atom. The molecule has 1 N–H and O–H groups in total. The van der Waals surface area contributed by atoms with Crippen LogP contribution in [0.4, 0.5) is 5.69 Å². The summed E-state index contributed by atoms with van der Waals surface area (Å²) in [5, 5.41) is 3.99. The van der Waals surface area contributed by atoms with Gasteiger partial charge in [0.15, 0.2) is 11.5 Å². The number of nitrogens with one attached hydrogen (secondary N) is 1. The maximum absolute atomic E-state index is 13.2. The first-order chi connectivity index (χ1) is 12.6. The van der Waals surface area contributed by atoms with Crippen LogP contribution < -0.4 is 14.8 Å². The third kappa shape index (κ3) is 2.76. The van der Waals surface area contributed by atoms with Crippen LogP contribution in [-0.2, 0) is 0 Å². The Morgan fingerprint density at radius 3 is 2.85 bits per heavy atom. The molecule has 2 aromatic carbocycles. The molecule has 4 rings (SSSR count). The van der Waals surface area contributed by atoms with Gasteiger partial charge in [-0.25, -0.2) is 0 Å². The Labute approximate surface area is 157 Å². The van der Waals surface area contributed by atoms with E-state index in [1.165, 1.54) is 0 Å². The van der Waals surface area contributed by atoms with E-state index < -0.39 is 0 Å². The van der Waals surface area contributed by atoms with Gasteiger partial charge in [-0.1, -0.05) is 30.7 Å². The molecule has 0 unspecified atom stereocenters. The lowest BCUT2D eigenvalue weighted by Crippen LogP contribution is -2.47. The first-order valence-corrected chi connectivity index (χ1v) is 9.25. The van der Waals surface area contributed by atoms with Gasteiger partial charge >= 0.3 is 0 Å². The minimum Gasteiger partial charge on any atom is -0.486 e. The van der Waals surface area contributed by atoms with Crippen molar-refractivity contribution >= 4 is 23.2 Å². The molecular formula is C20H21ClN2O3. The van der Waals surface area contributed by atoms with Crippen LogP contribution in [0, 0.1) is 0 Å². The average molecular weight is 373 g/mol. The Kier molecular flexibility index (Phi) is 4.41. The van der Waals surface area contributed by atoms with Crippen molar-refractivity contribution in [3.63, 3.8) is 0 Å². The summed E-state index contributed by atoms with van der Waals surface area (Å²) < 4.78 is 11.3. The average Bonchev–Trinajstić information content (AvgIpc) is 2.67. The zero-order valence-electron chi connectivity index (χ0n) is 14.8. The lowest BCUT2D eigenvalue weighted by atomic mass is 10.0. The summed E-state index contributed by atoms with van der Waals surface area (Å²) in [5.41, 5.74) is 2.39. The highest BCUT2D eigenvalue weighted by Gasteiger charge is 2.36. The smallest absolute Gasteiger partial charge is 0.258 e. The predicted molar refractivity (Wildman–Crippen MR) is 101 cm³/mol. The second-order valence-corrected chi connectivity index (χ2v) is 7.00. The molecule has 0 fully saturated rings. The lowest BCUT2D eigenvalue weighted by molar-refractivity contribution is 0.0593. The molecule has 2 aromatic rings. The molecular weight excluding hydrogens is 352 g/mol. The Bertz CT molecular complexity index is 855. The first kappa shape index (κ1) is 17.0. The maximum atomic E-state index is 13.2. The number of halogens is 1. The fraction of sp³-hybridized carbons (Fsp3) is 0.350. The van der Waals surface area contributed by atoms with Gasteiger partial charge in [-0.3, -0.25) is 4.79 Å². The van der Waals surface area contributed by atoms with Crippen LogP contribution in [0.3, 0.4) is 0 Å².